The van der Waals surface area contributed by atoms with E-state index in [2.05, 4.69) is 25.3 Å². The lowest BCUT2D eigenvalue weighted by Gasteiger charge is -2.10. The molecule has 1 unspecified atom stereocenters. The number of aromatic nitrogens is 2. The molecule has 0 spiro atoms. The number of carbonyl (C=O) groups excluding carboxylic acids is 1. The summed E-state index contributed by atoms with van der Waals surface area (Å²) >= 11 is 0. The molecular weight excluding hydrogens is 400 g/mol. The number of benzene rings is 2. The van der Waals surface area contributed by atoms with Gasteiger partial charge in [-0.3, -0.25) is 5.32 Å². The second-order valence-corrected chi connectivity index (χ2v) is 7.72. The summed E-state index contributed by atoms with van der Waals surface area (Å²) in [6.07, 6.45) is -1.21. The van der Waals surface area contributed by atoms with Crippen molar-refractivity contribution in [2.75, 3.05) is 24.3 Å². The molecule has 0 bridgehead atoms. The summed E-state index contributed by atoms with van der Waals surface area (Å²) in [7, 11) is -2.82. The summed E-state index contributed by atoms with van der Waals surface area (Å²) in [5, 5.41) is 14.6. The van der Waals surface area contributed by atoms with Gasteiger partial charge < -0.3 is 24.3 Å². The predicted molar refractivity (Wildman–Crippen MR) is 107 cm³/mol. The summed E-state index contributed by atoms with van der Waals surface area (Å²) in [5.41, 5.74) is 1.66. The van der Waals surface area contributed by atoms with E-state index in [1.165, 1.54) is 31.4 Å². The summed E-state index contributed by atoms with van der Waals surface area (Å²) < 4.78 is 34.7. The molecule has 1 amide bonds. The van der Waals surface area contributed by atoms with Gasteiger partial charge in [0.25, 0.3) is 0 Å². The maximum Gasteiger partial charge on any atom is 0.413 e. The molecule has 0 aliphatic heterocycles. The highest BCUT2D eigenvalue weighted by molar-refractivity contribution is 7.87. The topological polar surface area (TPSA) is 143 Å². The summed E-state index contributed by atoms with van der Waals surface area (Å²) in [6, 6.07) is 10.5. The highest BCUT2D eigenvalue weighted by atomic mass is 32.2. The lowest BCUT2D eigenvalue weighted by atomic mass is 10.3. The lowest BCUT2D eigenvalue weighted by Crippen LogP contribution is -2.15. The van der Waals surface area contributed by atoms with E-state index in [4.69, 9.17) is 4.18 Å². The van der Waals surface area contributed by atoms with Crippen molar-refractivity contribution in [3.8, 4) is 5.75 Å². The number of nitrogens with zero attached hydrogens (tertiary/aromatic N) is 1. The first-order valence-electron chi connectivity index (χ1n) is 8.58. The summed E-state index contributed by atoms with van der Waals surface area (Å²) in [6.45, 7) is 1.99. The van der Waals surface area contributed by atoms with Gasteiger partial charge in [-0.25, -0.2) is 9.78 Å². The number of methoxy groups -OCH3 is 1. The molecule has 0 saturated carbocycles. The zero-order chi connectivity index (χ0) is 21.0. The molecule has 1 aromatic heterocycles. The van der Waals surface area contributed by atoms with E-state index in [1.807, 2.05) is 0 Å². The van der Waals surface area contributed by atoms with Crippen LogP contribution in [0.3, 0.4) is 0 Å². The Morgan fingerprint density at radius 3 is 2.62 bits per heavy atom. The number of fused-ring (bicyclic) bond motifs is 1. The van der Waals surface area contributed by atoms with E-state index in [0.717, 1.165) is 0 Å². The Morgan fingerprint density at radius 2 is 1.97 bits per heavy atom. The van der Waals surface area contributed by atoms with Crippen LogP contribution in [-0.2, 0) is 14.9 Å². The third kappa shape index (κ3) is 5.15. The van der Waals surface area contributed by atoms with Gasteiger partial charge in [0.2, 0.25) is 5.95 Å². The van der Waals surface area contributed by atoms with Crippen molar-refractivity contribution in [3.63, 3.8) is 0 Å². The third-order valence-electron chi connectivity index (χ3n) is 3.81. The fourth-order valence-corrected chi connectivity index (χ4v) is 3.35. The fourth-order valence-electron chi connectivity index (χ4n) is 2.43. The first-order valence-corrected chi connectivity index (χ1v) is 9.99. The molecule has 0 aliphatic carbocycles. The van der Waals surface area contributed by atoms with Gasteiger partial charge in [-0.2, -0.15) is 8.42 Å². The van der Waals surface area contributed by atoms with Crippen LogP contribution in [0.15, 0.2) is 47.4 Å². The molecule has 0 aliphatic rings. The van der Waals surface area contributed by atoms with Crippen molar-refractivity contribution in [3.05, 3.63) is 42.5 Å². The van der Waals surface area contributed by atoms with Crippen LogP contribution in [0.2, 0.25) is 0 Å². The third-order valence-corrected chi connectivity index (χ3v) is 5.07. The Hall–Kier alpha value is -3.31. The highest BCUT2D eigenvalue weighted by Gasteiger charge is 2.17. The second kappa shape index (κ2) is 8.37. The molecule has 0 saturated heterocycles. The van der Waals surface area contributed by atoms with Gasteiger partial charge in [-0.15, -0.1) is 0 Å². The lowest BCUT2D eigenvalue weighted by molar-refractivity contribution is 0.186. The molecule has 10 nitrogen and oxygen atoms in total. The maximum absolute atomic E-state index is 12.5. The molecule has 3 rings (SSSR count). The number of ether oxygens (including phenoxy) is 1. The highest BCUT2D eigenvalue weighted by Crippen LogP contribution is 2.24. The number of amides is 1. The Balaban J connectivity index is 1.75. The van der Waals surface area contributed by atoms with Crippen LogP contribution < -0.4 is 14.8 Å². The predicted octanol–water partition coefficient (Wildman–Crippen LogP) is 2.30. The van der Waals surface area contributed by atoms with E-state index in [9.17, 15) is 18.3 Å². The van der Waals surface area contributed by atoms with Crippen LogP contribution in [0, 0.1) is 0 Å². The molecule has 1 atom stereocenters. The van der Waals surface area contributed by atoms with Crippen LogP contribution in [0.4, 0.5) is 16.4 Å². The van der Waals surface area contributed by atoms with E-state index in [0.29, 0.717) is 23.3 Å². The van der Waals surface area contributed by atoms with Gasteiger partial charge in [-0.05, 0) is 43.3 Å². The SMILES string of the molecule is COC(=O)Nc1nc2ccc(OS(=O)(=O)c3ccc(NCC(C)O)cc3)cc2[nH]1. The Morgan fingerprint density at radius 1 is 1.24 bits per heavy atom. The molecule has 154 valence electrons. The van der Waals surface area contributed by atoms with Crippen LogP contribution in [0.1, 0.15) is 6.92 Å². The Labute approximate surface area is 167 Å². The fraction of sp³-hybridized carbons (Fsp3) is 0.222. The van der Waals surface area contributed by atoms with E-state index in [-0.39, 0.29) is 16.6 Å². The minimum atomic E-state index is -4.05. The normalized spacial score (nSPS) is 12.4. The zero-order valence-corrected chi connectivity index (χ0v) is 16.5. The molecule has 3 aromatic rings. The number of nitrogens with one attached hydrogen (secondary N) is 3. The second-order valence-electron chi connectivity index (χ2n) is 6.17. The monoisotopic (exact) mass is 420 g/mol. The maximum atomic E-state index is 12.5. The van der Waals surface area contributed by atoms with Crippen LogP contribution in [-0.4, -0.2) is 49.3 Å². The number of rotatable bonds is 7. The van der Waals surface area contributed by atoms with Crippen molar-refractivity contribution in [2.45, 2.75) is 17.9 Å². The average Bonchev–Trinajstić information content (AvgIpc) is 3.07. The molecule has 0 radical (unpaired) electrons. The van der Waals surface area contributed by atoms with Crippen molar-refractivity contribution in [2.24, 2.45) is 0 Å². The van der Waals surface area contributed by atoms with Gasteiger partial charge in [-0.1, -0.05) is 0 Å². The van der Waals surface area contributed by atoms with Crippen molar-refractivity contribution in [1.29, 1.82) is 0 Å². The number of hydrogen-bond donors (Lipinski definition) is 4. The smallest absolute Gasteiger partial charge is 0.413 e. The molecule has 4 N–H and O–H groups in total. The van der Waals surface area contributed by atoms with E-state index < -0.39 is 22.3 Å². The van der Waals surface area contributed by atoms with Gasteiger partial charge in [0.1, 0.15) is 10.6 Å². The number of hydrogen-bond acceptors (Lipinski definition) is 8. The largest absolute Gasteiger partial charge is 0.453 e. The summed E-state index contributed by atoms with van der Waals surface area (Å²) in [4.78, 5) is 18.2. The first kappa shape index (κ1) is 20.4. The molecule has 11 heteroatoms. The zero-order valence-electron chi connectivity index (χ0n) is 15.7. The number of imidazole rings is 1. The summed E-state index contributed by atoms with van der Waals surface area (Å²) in [5.74, 6) is 0.245. The van der Waals surface area contributed by atoms with Crippen molar-refractivity contribution < 1.29 is 27.2 Å². The molecular formula is C18H20N4O6S. The van der Waals surface area contributed by atoms with Gasteiger partial charge in [0.15, 0.2) is 0 Å². The van der Waals surface area contributed by atoms with Crippen LogP contribution in [0.5, 0.6) is 5.75 Å². The first-order chi connectivity index (χ1) is 13.8. The number of aliphatic hydroxyl groups is 1. The van der Waals surface area contributed by atoms with E-state index in [1.54, 1.807) is 25.1 Å². The molecule has 0 fully saturated rings. The van der Waals surface area contributed by atoms with Crippen LogP contribution >= 0.6 is 0 Å². The number of carbonyl (C=O) groups is 1. The number of aromatic amines is 1. The molecule has 1 heterocycles. The molecule has 2 aromatic carbocycles. The Kier molecular flexibility index (Phi) is 5.89. The van der Waals surface area contributed by atoms with Gasteiger partial charge in [0.05, 0.1) is 24.2 Å². The quantitative estimate of drug-likeness (QED) is 0.427. The number of anilines is 2. The van der Waals surface area contributed by atoms with Crippen LogP contribution in [0.25, 0.3) is 11.0 Å². The minimum absolute atomic E-state index is 0.0159. The Bertz CT molecular complexity index is 1110. The minimum Gasteiger partial charge on any atom is -0.453 e. The van der Waals surface area contributed by atoms with Gasteiger partial charge in [0, 0.05) is 18.3 Å². The van der Waals surface area contributed by atoms with Crippen molar-refractivity contribution >= 4 is 38.9 Å². The van der Waals surface area contributed by atoms with Crippen molar-refractivity contribution in [1.82, 2.24) is 9.97 Å². The molecule has 29 heavy (non-hydrogen) atoms. The number of aliphatic hydroxyl groups excluding tert-OH is 1. The average molecular weight is 420 g/mol. The van der Waals surface area contributed by atoms with E-state index >= 15 is 0 Å². The van der Waals surface area contributed by atoms with Gasteiger partial charge >= 0.3 is 16.2 Å². The number of H-pyrrole nitrogens is 1. The standard InChI is InChI=1S/C18H20N4O6S/c1-11(23)10-19-12-3-6-14(7-4-12)29(25,26)28-13-5-8-15-16(9-13)21-17(20-15)22-18(24)27-2/h3-9,11,19,23H,10H2,1-2H3,(H2,20,21,22,24).